The Kier molecular flexibility index (Phi) is 19.7. The fraction of sp³-hybridized carbons (Fsp3) is 0.659. The second kappa shape index (κ2) is 23.9. The molecule has 352 valence electrons. The van der Waals surface area contributed by atoms with Crippen molar-refractivity contribution in [1.29, 1.82) is 0 Å². The highest BCUT2D eigenvalue weighted by molar-refractivity contribution is 6.07. The van der Waals surface area contributed by atoms with Crippen LogP contribution in [0.1, 0.15) is 132 Å². The van der Waals surface area contributed by atoms with E-state index in [1.807, 2.05) is 32.9 Å². The van der Waals surface area contributed by atoms with Crippen molar-refractivity contribution in [3.05, 3.63) is 47.8 Å². The third-order valence-corrected chi connectivity index (χ3v) is 8.80. The summed E-state index contributed by atoms with van der Waals surface area (Å²) in [6.07, 6.45) is 3.88. The SMILES string of the molecule is CC(C)(C)OC(=O)NC(=NCCCCCCCCCn1ccn(CCCCOc2ccc(C3=NCCCN3C(=O)OC(C)(C)C)cc2)c1=NC(=O)C(F)(F)F)NC(=O)OC(C)(C)C. The third kappa shape index (κ3) is 20.6. The number of unbranched alkanes of at least 4 members (excludes halogenated alkanes) is 7. The van der Waals surface area contributed by atoms with Gasteiger partial charge in [-0.1, -0.05) is 32.1 Å². The maximum Gasteiger partial charge on any atom is 0.473 e. The van der Waals surface area contributed by atoms with Crippen LogP contribution in [0.15, 0.2) is 51.6 Å². The van der Waals surface area contributed by atoms with E-state index in [2.05, 4.69) is 25.6 Å². The van der Waals surface area contributed by atoms with E-state index in [9.17, 15) is 32.3 Å². The van der Waals surface area contributed by atoms with Crippen LogP contribution in [-0.2, 0) is 32.1 Å². The van der Waals surface area contributed by atoms with Crippen LogP contribution in [0.4, 0.5) is 27.6 Å². The molecule has 1 aromatic heterocycles. The summed E-state index contributed by atoms with van der Waals surface area (Å²) in [5, 5.41) is 4.93. The predicted octanol–water partition coefficient (Wildman–Crippen LogP) is 8.66. The van der Waals surface area contributed by atoms with Gasteiger partial charge in [0.1, 0.15) is 28.4 Å². The molecule has 63 heavy (non-hydrogen) atoms. The van der Waals surface area contributed by atoms with Gasteiger partial charge >= 0.3 is 30.4 Å². The number of ether oxygens (including phenoxy) is 4. The molecule has 3 rings (SSSR count). The van der Waals surface area contributed by atoms with Crippen molar-refractivity contribution in [2.24, 2.45) is 15.0 Å². The lowest BCUT2D eigenvalue weighted by Gasteiger charge is -2.30. The van der Waals surface area contributed by atoms with E-state index in [0.29, 0.717) is 76.6 Å². The molecule has 0 atom stereocenters. The summed E-state index contributed by atoms with van der Waals surface area (Å²) in [4.78, 5) is 63.2. The second-order valence-electron chi connectivity index (χ2n) is 18.1. The largest absolute Gasteiger partial charge is 0.494 e. The van der Waals surface area contributed by atoms with Crippen molar-refractivity contribution in [1.82, 2.24) is 24.7 Å². The van der Waals surface area contributed by atoms with Crippen molar-refractivity contribution in [2.45, 2.75) is 163 Å². The molecule has 19 heteroatoms. The predicted molar refractivity (Wildman–Crippen MR) is 233 cm³/mol. The molecule has 1 aliphatic rings. The molecule has 0 saturated heterocycles. The highest BCUT2D eigenvalue weighted by Gasteiger charge is 2.39. The van der Waals surface area contributed by atoms with Crippen LogP contribution in [0.2, 0.25) is 0 Å². The van der Waals surface area contributed by atoms with Crippen LogP contribution in [0.5, 0.6) is 5.75 Å². The van der Waals surface area contributed by atoms with Crippen molar-refractivity contribution in [3.63, 3.8) is 0 Å². The van der Waals surface area contributed by atoms with Crippen molar-refractivity contribution in [2.75, 3.05) is 26.2 Å². The number of amides is 4. The van der Waals surface area contributed by atoms with Gasteiger partial charge in [-0.3, -0.25) is 30.3 Å². The Hall–Kier alpha value is -5.36. The molecule has 2 N–H and O–H groups in total. The Labute approximate surface area is 368 Å². The van der Waals surface area contributed by atoms with Crippen LogP contribution < -0.4 is 21.0 Å². The first-order valence-corrected chi connectivity index (χ1v) is 21.6. The quantitative estimate of drug-likeness (QED) is 0.0686. The molecule has 0 saturated carbocycles. The number of benzene rings is 1. The number of carbonyl (C=O) groups excluding carboxylic acids is 4. The number of nitrogens with one attached hydrogen (secondary N) is 2. The summed E-state index contributed by atoms with van der Waals surface area (Å²) in [6.45, 7) is 18.3. The van der Waals surface area contributed by atoms with E-state index < -0.39 is 47.2 Å². The Morgan fingerprint density at radius 2 is 1.21 bits per heavy atom. The van der Waals surface area contributed by atoms with Gasteiger partial charge in [-0.15, -0.1) is 0 Å². The van der Waals surface area contributed by atoms with Gasteiger partial charge in [0.05, 0.1) is 6.61 Å². The summed E-state index contributed by atoms with van der Waals surface area (Å²) in [7, 11) is 0. The fourth-order valence-corrected chi connectivity index (χ4v) is 6.09. The van der Waals surface area contributed by atoms with Gasteiger partial charge in [0.15, 0.2) is 0 Å². The van der Waals surface area contributed by atoms with Crippen LogP contribution in [0, 0.1) is 0 Å². The van der Waals surface area contributed by atoms with Gasteiger partial charge in [0, 0.05) is 50.7 Å². The number of alkyl carbamates (subject to hydrolysis) is 2. The number of halogens is 3. The lowest BCUT2D eigenvalue weighted by molar-refractivity contribution is -0.169. The lowest BCUT2D eigenvalue weighted by atomic mass is 10.1. The number of aliphatic imine (C=N–C) groups is 2. The molecule has 2 aromatic rings. The molecule has 0 unspecified atom stereocenters. The Bertz CT molecular complexity index is 1900. The topological polar surface area (TPSA) is 179 Å². The molecule has 0 aliphatic carbocycles. The Morgan fingerprint density at radius 1 is 0.698 bits per heavy atom. The minimum absolute atomic E-state index is 0.0536. The number of aryl methyl sites for hydroxylation is 2. The minimum atomic E-state index is -5.09. The summed E-state index contributed by atoms with van der Waals surface area (Å²) >= 11 is 0. The number of guanidine groups is 1. The smallest absolute Gasteiger partial charge is 0.473 e. The zero-order chi connectivity index (χ0) is 46.8. The number of aromatic nitrogens is 2. The van der Waals surface area contributed by atoms with Crippen LogP contribution in [0.25, 0.3) is 0 Å². The number of imidazole rings is 1. The summed E-state index contributed by atoms with van der Waals surface area (Å²) < 4.78 is 64.9. The maximum absolute atomic E-state index is 13.3. The highest BCUT2D eigenvalue weighted by atomic mass is 19.4. The molecule has 0 fully saturated rings. The van der Waals surface area contributed by atoms with Gasteiger partial charge in [0.2, 0.25) is 11.6 Å². The Morgan fingerprint density at radius 3 is 1.73 bits per heavy atom. The molecule has 0 bridgehead atoms. The zero-order valence-corrected chi connectivity index (χ0v) is 38.4. The fourth-order valence-electron chi connectivity index (χ4n) is 6.09. The van der Waals surface area contributed by atoms with E-state index >= 15 is 0 Å². The molecule has 0 radical (unpaired) electrons. The molecule has 1 aromatic carbocycles. The normalized spacial score (nSPS) is 13.8. The number of rotatable bonds is 17. The first-order valence-electron chi connectivity index (χ1n) is 21.6. The molecule has 4 amide bonds. The van der Waals surface area contributed by atoms with Crippen molar-refractivity contribution in [3.8, 4) is 5.75 Å². The Balaban J connectivity index is 1.45. The molecule has 2 heterocycles. The van der Waals surface area contributed by atoms with Crippen molar-refractivity contribution >= 4 is 36.0 Å². The van der Waals surface area contributed by atoms with Crippen LogP contribution in [0.3, 0.4) is 0 Å². The van der Waals surface area contributed by atoms with E-state index in [0.717, 1.165) is 44.1 Å². The lowest BCUT2D eigenvalue weighted by Crippen LogP contribution is -2.47. The summed E-state index contributed by atoms with van der Waals surface area (Å²) in [5.74, 6) is -1.06. The number of carbonyl (C=O) groups is 4. The second-order valence-corrected chi connectivity index (χ2v) is 18.1. The van der Waals surface area contributed by atoms with E-state index in [-0.39, 0.29) is 11.6 Å². The van der Waals surface area contributed by atoms with Gasteiger partial charge in [0.25, 0.3) is 0 Å². The first-order chi connectivity index (χ1) is 29.4. The average molecular weight is 893 g/mol. The summed E-state index contributed by atoms with van der Waals surface area (Å²) in [6, 6.07) is 7.26. The molecule has 0 spiro atoms. The monoisotopic (exact) mass is 893 g/mol. The average Bonchev–Trinajstić information content (AvgIpc) is 3.53. The number of alkyl halides is 3. The molecule has 1 aliphatic heterocycles. The molecular weight excluding hydrogens is 826 g/mol. The van der Waals surface area contributed by atoms with Crippen LogP contribution in [-0.4, -0.2) is 99.2 Å². The third-order valence-electron chi connectivity index (χ3n) is 8.80. The zero-order valence-electron chi connectivity index (χ0n) is 38.4. The van der Waals surface area contributed by atoms with Crippen LogP contribution >= 0.6 is 0 Å². The van der Waals surface area contributed by atoms with Gasteiger partial charge in [-0.25, -0.2) is 14.4 Å². The number of nitrogens with zero attached hydrogens (tertiary/aromatic N) is 6. The van der Waals surface area contributed by atoms with E-state index in [4.69, 9.17) is 18.9 Å². The number of amidine groups is 1. The van der Waals surface area contributed by atoms with Crippen molar-refractivity contribution < 1.29 is 51.3 Å². The minimum Gasteiger partial charge on any atom is -0.494 e. The molecular formula is C44H67F3N8O8. The van der Waals surface area contributed by atoms with E-state index in [1.54, 1.807) is 80.1 Å². The van der Waals surface area contributed by atoms with Gasteiger partial charge < -0.3 is 28.1 Å². The maximum atomic E-state index is 13.3. The van der Waals surface area contributed by atoms with Gasteiger partial charge in [-0.2, -0.15) is 18.2 Å². The number of hydrogen-bond acceptors (Lipinski definition) is 10. The standard InChI is InChI=1S/C44H67F3N8O8/c1-41(2,3)61-38(57)51-36(52-39(58)62-42(4,5)6)49-24-15-13-11-10-12-14-16-26-53-29-30-54(37(53)50-35(56)44(45,46)47)27-17-18-31-60-33-22-20-32(21-23-33)34-48-25-19-28-55(34)40(59)63-43(7,8)9/h20-23,29-30H,10-19,24-28,31H2,1-9H3,(H2,49,51,52,57,58). The first kappa shape index (κ1) is 52.0. The van der Waals surface area contributed by atoms with E-state index in [1.165, 1.54) is 0 Å². The van der Waals surface area contributed by atoms with Gasteiger partial charge in [-0.05, 0) is 119 Å². The highest BCUT2D eigenvalue weighted by Crippen LogP contribution is 2.20. The molecule has 16 nitrogen and oxygen atoms in total. The summed E-state index contributed by atoms with van der Waals surface area (Å²) in [5.41, 5.74) is -1.41. The number of hydrogen-bond donors (Lipinski definition) is 2.